The standard InChI is InChI=1S/C15H11BrClNS/c16-12-2-1-11(14(17)8-12)9-18-13-3-4-15-10(7-13)5-6-19-15/h1-8,18H,9H2. The lowest BCUT2D eigenvalue weighted by Crippen LogP contribution is -1.99. The zero-order valence-electron chi connectivity index (χ0n) is 9.99. The fraction of sp³-hybridized carbons (Fsp3) is 0.0667. The van der Waals surface area contributed by atoms with Gasteiger partial charge in [-0.1, -0.05) is 33.6 Å². The molecule has 0 fully saturated rings. The lowest BCUT2D eigenvalue weighted by molar-refractivity contribution is 1.15. The summed E-state index contributed by atoms with van der Waals surface area (Å²) in [5, 5.41) is 7.57. The Hall–Kier alpha value is -1.03. The Morgan fingerprint density at radius 1 is 1.11 bits per heavy atom. The van der Waals surface area contributed by atoms with E-state index in [-0.39, 0.29) is 0 Å². The van der Waals surface area contributed by atoms with Gasteiger partial charge in [-0.2, -0.15) is 0 Å². The summed E-state index contributed by atoms with van der Waals surface area (Å²) < 4.78 is 2.31. The van der Waals surface area contributed by atoms with Crippen molar-refractivity contribution in [2.24, 2.45) is 0 Å². The van der Waals surface area contributed by atoms with Gasteiger partial charge in [-0.15, -0.1) is 11.3 Å². The van der Waals surface area contributed by atoms with Crippen molar-refractivity contribution in [3.05, 3.63) is 62.9 Å². The Morgan fingerprint density at radius 3 is 2.84 bits per heavy atom. The number of halogens is 2. The van der Waals surface area contributed by atoms with Crippen molar-refractivity contribution in [3.63, 3.8) is 0 Å². The first-order valence-electron chi connectivity index (χ1n) is 5.87. The van der Waals surface area contributed by atoms with Gasteiger partial charge in [0, 0.05) is 26.4 Å². The monoisotopic (exact) mass is 351 g/mol. The van der Waals surface area contributed by atoms with Crippen molar-refractivity contribution in [1.82, 2.24) is 0 Å². The van der Waals surface area contributed by atoms with Gasteiger partial charge in [0.25, 0.3) is 0 Å². The van der Waals surface area contributed by atoms with Crippen LogP contribution >= 0.6 is 38.9 Å². The van der Waals surface area contributed by atoms with Crippen molar-refractivity contribution in [2.75, 3.05) is 5.32 Å². The smallest absolute Gasteiger partial charge is 0.0467 e. The van der Waals surface area contributed by atoms with Crippen LogP contribution in [-0.2, 0) is 6.54 Å². The number of hydrogen-bond donors (Lipinski definition) is 1. The normalized spacial score (nSPS) is 10.8. The first-order chi connectivity index (χ1) is 9.22. The van der Waals surface area contributed by atoms with Gasteiger partial charge in [-0.05, 0) is 52.7 Å². The van der Waals surface area contributed by atoms with Crippen LogP contribution in [0.2, 0.25) is 5.02 Å². The topological polar surface area (TPSA) is 12.0 Å². The van der Waals surface area contributed by atoms with Crippen molar-refractivity contribution < 1.29 is 0 Å². The quantitative estimate of drug-likeness (QED) is 0.616. The van der Waals surface area contributed by atoms with E-state index in [4.69, 9.17) is 11.6 Å². The maximum Gasteiger partial charge on any atom is 0.0467 e. The largest absolute Gasteiger partial charge is 0.381 e. The molecule has 4 heteroatoms. The van der Waals surface area contributed by atoms with Crippen LogP contribution in [0.25, 0.3) is 10.1 Å². The average Bonchev–Trinajstić information content (AvgIpc) is 2.85. The Bertz CT molecular complexity index is 723. The second kappa shape index (κ2) is 5.53. The number of fused-ring (bicyclic) bond motifs is 1. The van der Waals surface area contributed by atoms with E-state index in [9.17, 15) is 0 Å². The minimum Gasteiger partial charge on any atom is -0.381 e. The maximum atomic E-state index is 6.21. The highest BCUT2D eigenvalue weighted by atomic mass is 79.9. The number of thiophene rings is 1. The molecule has 0 radical (unpaired) electrons. The fourth-order valence-corrected chi connectivity index (χ4v) is 3.45. The first kappa shape index (κ1) is 13.0. The molecule has 96 valence electrons. The number of hydrogen-bond acceptors (Lipinski definition) is 2. The van der Waals surface area contributed by atoms with Gasteiger partial charge in [-0.3, -0.25) is 0 Å². The van der Waals surface area contributed by atoms with E-state index in [1.165, 1.54) is 10.1 Å². The van der Waals surface area contributed by atoms with Gasteiger partial charge in [0.15, 0.2) is 0 Å². The van der Waals surface area contributed by atoms with Gasteiger partial charge in [-0.25, -0.2) is 0 Å². The minimum absolute atomic E-state index is 0.724. The molecule has 1 aromatic heterocycles. The van der Waals surface area contributed by atoms with Crippen LogP contribution in [0.15, 0.2) is 52.3 Å². The summed E-state index contributed by atoms with van der Waals surface area (Å²) in [4.78, 5) is 0. The molecule has 0 aliphatic carbocycles. The van der Waals surface area contributed by atoms with Gasteiger partial charge in [0.1, 0.15) is 0 Å². The average molecular weight is 353 g/mol. The molecule has 3 rings (SSSR count). The molecule has 0 bridgehead atoms. The molecule has 0 aliphatic heterocycles. The molecular weight excluding hydrogens is 342 g/mol. The fourth-order valence-electron chi connectivity index (χ4n) is 1.94. The molecule has 0 aliphatic rings. The van der Waals surface area contributed by atoms with Crippen molar-refractivity contribution in [1.29, 1.82) is 0 Å². The highest BCUT2D eigenvalue weighted by Crippen LogP contribution is 2.25. The summed E-state index contributed by atoms with van der Waals surface area (Å²) in [6.45, 7) is 0.724. The Morgan fingerprint density at radius 2 is 2.00 bits per heavy atom. The van der Waals surface area contributed by atoms with Crippen LogP contribution in [-0.4, -0.2) is 0 Å². The number of anilines is 1. The van der Waals surface area contributed by atoms with Gasteiger partial charge in [0.05, 0.1) is 0 Å². The van der Waals surface area contributed by atoms with E-state index >= 15 is 0 Å². The predicted octanol–water partition coefficient (Wildman–Crippen LogP) is 5.93. The number of rotatable bonds is 3. The van der Waals surface area contributed by atoms with E-state index in [0.717, 1.165) is 27.3 Å². The van der Waals surface area contributed by atoms with E-state index in [0.29, 0.717) is 0 Å². The first-order valence-corrected chi connectivity index (χ1v) is 7.92. The SMILES string of the molecule is Clc1cc(Br)ccc1CNc1ccc2sccc2c1. The van der Waals surface area contributed by atoms with Crippen LogP contribution < -0.4 is 5.32 Å². The minimum atomic E-state index is 0.724. The maximum absolute atomic E-state index is 6.21. The molecule has 1 heterocycles. The molecular formula is C15H11BrClNS. The molecule has 0 saturated heterocycles. The number of nitrogens with one attached hydrogen (secondary N) is 1. The van der Waals surface area contributed by atoms with Crippen molar-refractivity contribution in [2.45, 2.75) is 6.54 Å². The van der Waals surface area contributed by atoms with E-state index in [1.807, 2.05) is 18.2 Å². The van der Waals surface area contributed by atoms with Crippen LogP contribution in [0.3, 0.4) is 0 Å². The van der Waals surface area contributed by atoms with Crippen LogP contribution in [0, 0.1) is 0 Å². The van der Waals surface area contributed by atoms with Crippen LogP contribution in [0.5, 0.6) is 0 Å². The zero-order chi connectivity index (χ0) is 13.2. The summed E-state index contributed by atoms with van der Waals surface area (Å²) in [6, 6.07) is 14.5. The third-order valence-corrected chi connectivity index (χ3v) is 4.69. The van der Waals surface area contributed by atoms with Gasteiger partial charge in [0.2, 0.25) is 0 Å². The third-order valence-electron chi connectivity index (χ3n) is 2.95. The molecule has 0 saturated carbocycles. The highest BCUT2D eigenvalue weighted by molar-refractivity contribution is 9.10. The van der Waals surface area contributed by atoms with Gasteiger partial charge >= 0.3 is 0 Å². The van der Waals surface area contributed by atoms with Gasteiger partial charge < -0.3 is 5.32 Å². The molecule has 2 aromatic carbocycles. The van der Waals surface area contributed by atoms with E-state index < -0.39 is 0 Å². The Labute approximate surface area is 129 Å². The summed E-state index contributed by atoms with van der Waals surface area (Å²) >= 11 is 11.4. The summed E-state index contributed by atoms with van der Waals surface area (Å²) in [7, 11) is 0. The molecule has 0 unspecified atom stereocenters. The molecule has 1 nitrogen and oxygen atoms in total. The third kappa shape index (κ3) is 2.94. The molecule has 19 heavy (non-hydrogen) atoms. The predicted molar refractivity (Wildman–Crippen MR) is 88.3 cm³/mol. The summed E-state index contributed by atoms with van der Waals surface area (Å²) in [5.41, 5.74) is 2.21. The second-order valence-electron chi connectivity index (χ2n) is 4.26. The molecule has 0 atom stereocenters. The molecule has 1 N–H and O–H groups in total. The Balaban J connectivity index is 1.77. The summed E-state index contributed by atoms with van der Waals surface area (Å²) in [5.74, 6) is 0. The molecule has 0 spiro atoms. The zero-order valence-corrected chi connectivity index (χ0v) is 13.1. The lowest BCUT2D eigenvalue weighted by atomic mass is 10.2. The second-order valence-corrected chi connectivity index (χ2v) is 6.53. The molecule has 3 aromatic rings. The molecule has 0 amide bonds. The Kier molecular flexibility index (Phi) is 3.78. The highest BCUT2D eigenvalue weighted by Gasteiger charge is 2.02. The number of benzene rings is 2. The summed E-state index contributed by atoms with van der Waals surface area (Å²) in [6.07, 6.45) is 0. The van der Waals surface area contributed by atoms with E-state index in [1.54, 1.807) is 11.3 Å². The van der Waals surface area contributed by atoms with Crippen molar-refractivity contribution >= 4 is 54.6 Å². The van der Waals surface area contributed by atoms with Crippen LogP contribution in [0.1, 0.15) is 5.56 Å². The van der Waals surface area contributed by atoms with Crippen LogP contribution in [0.4, 0.5) is 5.69 Å². The lowest BCUT2D eigenvalue weighted by Gasteiger charge is -2.08. The van der Waals surface area contributed by atoms with E-state index in [2.05, 4.69) is 50.9 Å². The van der Waals surface area contributed by atoms with Crippen molar-refractivity contribution in [3.8, 4) is 0 Å².